The van der Waals surface area contributed by atoms with Gasteiger partial charge in [-0.2, -0.15) is 17.4 Å². The standard InChI is InChI=1S/C15H31N3O2S/c1-4-15(3,5-2)17-21(19,20)18-11-7-6-8-14(18)12-16-13-9-10-13/h13-14,16-17H,4-12H2,1-3H3. The lowest BCUT2D eigenvalue weighted by Gasteiger charge is -2.38. The lowest BCUT2D eigenvalue weighted by atomic mass is 9.98. The third-order valence-corrected chi connectivity index (χ3v) is 6.89. The van der Waals surface area contributed by atoms with E-state index in [0.29, 0.717) is 12.6 Å². The molecule has 2 rings (SSSR count). The van der Waals surface area contributed by atoms with E-state index in [9.17, 15) is 8.42 Å². The Morgan fingerprint density at radius 1 is 1.14 bits per heavy atom. The molecule has 124 valence electrons. The summed E-state index contributed by atoms with van der Waals surface area (Å²) in [6.45, 7) is 7.51. The molecule has 1 aliphatic carbocycles. The van der Waals surface area contributed by atoms with Gasteiger partial charge in [-0.25, -0.2) is 0 Å². The molecule has 1 heterocycles. The van der Waals surface area contributed by atoms with E-state index in [1.165, 1.54) is 12.8 Å². The maximum atomic E-state index is 12.8. The van der Waals surface area contributed by atoms with Crippen molar-refractivity contribution in [1.82, 2.24) is 14.3 Å². The fraction of sp³-hybridized carbons (Fsp3) is 1.00. The molecule has 0 amide bonds. The Morgan fingerprint density at radius 3 is 2.38 bits per heavy atom. The molecular formula is C15H31N3O2S. The minimum Gasteiger partial charge on any atom is -0.312 e. The molecule has 1 atom stereocenters. The van der Waals surface area contributed by atoms with Gasteiger partial charge in [0.1, 0.15) is 0 Å². The molecule has 1 aliphatic heterocycles. The van der Waals surface area contributed by atoms with Gasteiger partial charge in [-0.05, 0) is 45.4 Å². The van der Waals surface area contributed by atoms with Crippen molar-refractivity contribution >= 4 is 10.2 Å². The van der Waals surface area contributed by atoms with Crippen LogP contribution in [0.1, 0.15) is 65.7 Å². The normalized spacial score (nSPS) is 25.2. The molecule has 0 spiro atoms. The first-order chi connectivity index (χ1) is 9.90. The van der Waals surface area contributed by atoms with Gasteiger partial charge < -0.3 is 5.32 Å². The fourth-order valence-corrected chi connectivity index (χ4v) is 4.82. The number of nitrogens with zero attached hydrogens (tertiary/aromatic N) is 1. The van der Waals surface area contributed by atoms with Gasteiger partial charge in [-0.15, -0.1) is 0 Å². The number of nitrogens with one attached hydrogen (secondary N) is 2. The smallest absolute Gasteiger partial charge is 0.280 e. The highest BCUT2D eigenvalue weighted by molar-refractivity contribution is 7.87. The van der Waals surface area contributed by atoms with Crippen LogP contribution in [-0.2, 0) is 10.2 Å². The van der Waals surface area contributed by atoms with Crippen LogP contribution in [0.25, 0.3) is 0 Å². The number of piperidine rings is 1. The van der Waals surface area contributed by atoms with Crippen LogP contribution in [0.5, 0.6) is 0 Å². The number of hydrogen-bond acceptors (Lipinski definition) is 3. The van der Waals surface area contributed by atoms with Gasteiger partial charge in [0, 0.05) is 30.7 Å². The molecule has 0 radical (unpaired) electrons. The predicted molar refractivity (Wildman–Crippen MR) is 86.4 cm³/mol. The second kappa shape index (κ2) is 6.94. The van der Waals surface area contributed by atoms with Crippen LogP contribution in [0, 0.1) is 0 Å². The summed E-state index contributed by atoms with van der Waals surface area (Å²) < 4.78 is 30.2. The van der Waals surface area contributed by atoms with Crippen LogP contribution >= 0.6 is 0 Å². The van der Waals surface area contributed by atoms with Crippen molar-refractivity contribution in [3.8, 4) is 0 Å². The third-order valence-electron chi connectivity index (χ3n) is 5.04. The van der Waals surface area contributed by atoms with E-state index in [2.05, 4.69) is 10.0 Å². The summed E-state index contributed by atoms with van der Waals surface area (Å²) in [5, 5.41) is 3.49. The van der Waals surface area contributed by atoms with Crippen molar-refractivity contribution in [2.24, 2.45) is 0 Å². The zero-order valence-corrected chi connectivity index (χ0v) is 14.5. The summed E-state index contributed by atoms with van der Waals surface area (Å²) in [7, 11) is -3.40. The second-order valence-electron chi connectivity index (χ2n) is 6.82. The van der Waals surface area contributed by atoms with Crippen LogP contribution in [0.2, 0.25) is 0 Å². The van der Waals surface area contributed by atoms with Crippen molar-refractivity contribution in [3.63, 3.8) is 0 Å². The lowest BCUT2D eigenvalue weighted by Crippen LogP contribution is -2.57. The quantitative estimate of drug-likeness (QED) is 0.720. The van der Waals surface area contributed by atoms with Gasteiger partial charge >= 0.3 is 0 Å². The number of rotatable bonds is 8. The van der Waals surface area contributed by atoms with Crippen molar-refractivity contribution < 1.29 is 8.42 Å². The van der Waals surface area contributed by atoms with Crippen LogP contribution in [-0.4, -0.2) is 43.4 Å². The molecule has 0 bridgehead atoms. The van der Waals surface area contributed by atoms with Crippen LogP contribution in [0.4, 0.5) is 0 Å². The van der Waals surface area contributed by atoms with Gasteiger partial charge in [-0.1, -0.05) is 20.3 Å². The van der Waals surface area contributed by atoms with Gasteiger partial charge in [0.05, 0.1) is 0 Å². The largest absolute Gasteiger partial charge is 0.312 e. The highest BCUT2D eigenvalue weighted by atomic mass is 32.2. The molecule has 5 nitrogen and oxygen atoms in total. The highest BCUT2D eigenvalue weighted by Crippen LogP contribution is 2.24. The van der Waals surface area contributed by atoms with E-state index in [-0.39, 0.29) is 11.6 Å². The summed E-state index contributed by atoms with van der Waals surface area (Å²) in [5.41, 5.74) is -0.343. The second-order valence-corrected chi connectivity index (χ2v) is 8.44. The Bertz CT molecular complexity index is 430. The van der Waals surface area contributed by atoms with E-state index >= 15 is 0 Å². The summed E-state index contributed by atoms with van der Waals surface area (Å²) in [5.74, 6) is 0. The predicted octanol–water partition coefficient (Wildman–Crippen LogP) is 2.01. The van der Waals surface area contributed by atoms with Gasteiger partial charge in [0.25, 0.3) is 10.2 Å². The van der Waals surface area contributed by atoms with Crippen LogP contribution in [0.15, 0.2) is 0 Å². The molecule has 0 aromatic carbocycles. The first-order valence-electron chi connectivity index (χ1n) is 8.44. The Hall–Kier alpha value is -0.170. The molecule has 2 N–H and O–H groups in total. The minimum atomic E-state index is -3.40. The molecule has 21 heavy (non-hydrogen) atoms. The lowest BCUT2D eigenvalue weighted by molar-refractivity contribution is 0.236. The Kier molecular flexibility index (Phi) is 5.68. The van der Waals surface area contributed by atoms with Crippen LogP contribution in [0.3, 0.4) is 0 Å². The van der Waals surface area contributed by atoms with E-state index in [0.717, 1.165) is 38.6 Å². The first kappa shape index (κ1) is 17.2. The van der Waals surface area contributed by atoms with E-state index in [1.807, 2.05) is 20.8 Å². The summed E-state index contributed by atoms with van der Waals surface area (Å²) in [6, 6.07) is 0.732. The Labute approximate surface area is 130 Å². The van der Waals surface area contributed by atoms with Crippen molar-refractivity contribution in [2.75, 3.05) is 13.1 Å². The van der Waals surface area contributed by atoms with E-state index in [4.69, 9.17) is 0 Å². The Morgan fingerprint density at radius 2 is 1.81 bits per heavy atom. The number of hydrogen-bond donors (Lipinski definition) is 2. The van der Waals surface area contributed by atoms with E-state index < -0.39 is 10.2 Å². The summed E-state index contributed by atoms with van der Waals surface area (Å²) >= 11 is 0. The zero-order chi connectivity index (χ0) is 15.5. The average Bonchev–Trinajstić information content (AvgIpc) is 3.29. The molecule has 1 saturated carbocycles. The topological polar surface area (TPSA) is 61.4 Å². The minimum absolute atomic E-state index is 0.106. The molecule has 1 saturated heterocycles. The van der Waals surface area contributed by atoms with Crippen molar-refractivity contribution in [3.05, 3.63) is 0 Å². The molecule has 6 heteroatoms. The Balaban J connectivity index is 2.03. The van der Waals surface area contributed by atoms with Gasteiger partial charge in [0.15, 0.2) is 0 Å². The van der Waals surface area contributed by atoms with Gasteiger partial charge in [-0.3, -0.25) is 0 Å². The molecule has 0 aromatic rings. The molecule has 2 fully saturated rings. The van der Waals surface area contributed by atoms with E-state index in [1.54, 1.807) is 4.31 Å². The van der Waals surface area contributed by atoms with Crippen molar-refractivity contribution in [1.29, 1.82) is 0 Å². The van der Waals surface area contributed by atoms with Gasteiger partial charge in [0.2, 0.25) is 0 Å². The average molecular weight is 317 g/mol. The maximum absolute atomic E-state index is 12.8. The first-order valence-corrected chi connectivity index (χ1v) is 9.88. The monoisotopic (exact) mass is 317 g/mol. The molecular weight excluding hydrogens is 286 g/mol. The zero-order valence-electron chi connectivity index (χ0n) is 13.7. The summed E-state index contributed by atoms with van der Waals surface area (Å²) in [4.78, 5) is 0. The molecule has 0 aromatic heterocycles. The van der Waals surface area contributed by atoms with Crippen molar-refractivity contribution in [2.45, 2.75) is 83.3 Å². The third kappa shape index (κ3) is 4.65. The highest BCUT2D eigenvalue weighted by Gasteiger charge is 2.36. The van der Waals surface area contributed by atoms with Crippen LogP contribution < -0.4 is 10.0 Å². The SMILES string of the molecule is CCC(C)(CC)NS(=O)(=O)N1CCCCC1CNC1CC1. The molecule has 2 aliphatic rings. The summed E-state index contributed by atoms with van der Waals surface area (Å²) in [6.07, 6.45) is 7.15. The molecule has 1 unspecified atom stereocenters. The fourth-order valence-electron chi connectivity index (χ4n) is 2.85. The maximum Gasteiger partial charge on any atom is 0.280 e.